The van der Waals surface area contributed by atoms with Crippen LogP contribution >= 0.6 is 0 Å². The fourth-order valence-corrected chi connectivity index (χ4v) is 2.23. The third-order valence-electron chi connectivity index (χ3n) is 3.38. The number of imidazole rings is 1. The quantitative estimate of drug-likeness (QED) is 0.907. The Hall–Kier alpha value is -2.35. The van der Waals surface area contributed by atoms with E-state index in [9.17, 15) is 23.1 Å². The zero-order valence-corrected chi connectivity index (χ0v) is 12.6. The SMILES string of the molecule is Cc1cccc(NC(=O)C[C@](O)(c2nccn2C)C(F)(F)F)c1. The van der Waals surface area contributed by atoms with Gasteiger partial charge in [-0.25, -0.2) is 4.98 Å². The number of alkyl halides is 3. The van der Waals surface area contributed by atoms with Crippen LogP contribution in [-0.4, -0.2) is 26.7 Å². The number of anilines is 1. The Morgan fingerprint density at radius 3 is 2.61 bits per heavy atom. The van der Waals surface area contributed by atoms with Crippen LogP contribution in [0.2, 0.25) is 0 Å². The Kier molecular flexibility index (Phi) is 4.46. The molecule has 0 spiro atoms. The summed E-state index contributed by atoms with van der Waals surface area (Å²) in [6, 6.07) is 6.62. The number of aromatic nitrogens is 2. The zero-order chi connectivity index (χ0) is 17.3. The standard InChI is InChI=1S/C15H16F3N3O2/c1-10-4-3-5-11(8-10)20-12(22)9-14(23,15(16,17)18)13-19-6-7-21(13)2/h3-8,23H,9H2,1-2H3,(H,20,22)/t14-/m0/s1. The molecule has 5 nitrogen and oxygen atoms in total. The molecule has 0 unspecified atom stereocenters. The Morgan fingerprint density at radius 1 is 1.39 bits per heavy atom. The molecule has 0 aliphatic heterocycles. The number of hydrogen-bond donors (Lipinski definition) is 2. The van der Waals surface area contributed by atoms with Crippen LogP contribution in [0.1, 0.15) is 17.8 Å². The van der Waals surface area contributed by atoms with Crippen LogP contribution in [0.4, 0.5) is 18.9 Å². The first-order valence-corrected chi connectivity index (χ1v) is 6.77. The number of carbonyl (C=O) groups excluding carboxylic acids is 1. The molecule has 0 bridgehead atoms. The van der Waals surface area contributed by atoms with Crippen molar-refractivity contribution in [2.45, 2.75) is 25.1 Å². The second kappa shape index (κ2) is 6.04. The number of halogens is 3. The maximum atomic E-state index is 13.3. The summed E-state index contributed by atoms with van der Waals surface area (Å²) < 4.78 is 41.0. The van der Waals surface area contributed by atoms with Crippen molar-refractivity contribution < 1.29 is 23.1 Å². The summed E-state index contributed by atoms with van der Waals surface area (Å²) >= 11 is 0. The van der Waals surface area contributed by atoms with Crippen LogP contribution in [0.15, 0.2) is 36.7 Å². The van der Waals surface area contributed by atoms with E-state index < -0.39 is 29.9 Å². The van der Waals surface area contributed by atoms with Gasteiger partial charge in [0.15, 0.2) is 5.82 Å². The van der Waals surface area contributed by atoms with E-state index in [-0.39, 0.29) is 0 Å². The maximum absolute atomic E-state index is 13.3. The number of aliphatic hydroxyl groups is 1. The number of aryl methyl sites for hydroxylation is 2. The molecule has 1 heterocycles. The topological polar surface area (TPSA) is 67.2 Å². The van der Waals surface area contributed by atoms with Gasteiger partial charge in [-0.1, -0.05) is 12.1 Å². The maximum Gasteiger partial charge on any atom is 0.425 e. The van der Waals surface area contributed by atoms with Gasteiger partial charge in [-0.2, -0.15) is 13.2 Å². The molecule has 1 aromatic heterocycles. The van der Waals surface area contributed by atoms with Gasteiger partial charge in [0.2, 0.25) is 11.5 Å². The monoisotopic (exact) mass is 327 g/mol. The molecule has 0 aliphatic rings. The molecule has 1 atom stereocenters. The second-order valence-corrected chi connectivity index (χ2v) is 5.31. The Balaban J connectivity index is 2.25. The number of rotatable bonds is 4. The number of benzene rings is 1. The summed E-state index contributed by atoms with van der Waals surface area (Å²) in [5.74, 6) is -1.59. The molecule has 2 aromatic rings. The molecule has 124 valence electrons. The minimum Gasteiger partial charge on any atom is -0.374 e. The highest BCUT2D eigenvalue weighted by Gasteiger charge is 2.58. The van der Waals surface area contributed by atoms with Crippen molar-refractivity contribution in [3.8, 4) is 0 Å². The summed E-state index contributed by atoms with van der Waals surface area (Å²) in [6.45, 7) is 1.79. The van der Waals surface area contributed by atoms with Crippen molar-refractivity contribution in [1.29, 1.82) is 0 Å². The molecule has 1 amide bonds. The number of hydrogen-bond acceptors (Lipinski definition) is 3. The lowest BCUT2D eigenvalue weighted by atomic mass is 9.97. The molecule has 0 saturated carbocycles. The van der Waals surface area contributed by atoms with Crippen molar-refractivity contribution in [1.82, 2.24) is 9.55 Å². The van der Waals surface area contributed by atoms with Gasteiger partial charge >= 0.3 is 6.18 Å². The molecule has 0 fully saturated rings. The lowest BCUT2D eigenvalue weighted by Gasteiger charge is -2.29. The van der Waals surface area contributed by atoms with Crippen LogP contribution in [0.3, 0.4) is 0 Å². The summed E-state index contributed by atoms with van der Waals surface area (Å²) in [5.41, 5.74) is -2.16. The third kappa shape index (κ3) is 3.53. The van der Waals surface area contributed by atoms with Crippen molar-refractivity contribution in [3.63, 3.8) is 0 Å². The van der Waals surface area contributed by atoms with E-state index in [1.165, 1.54) is 13.2 Å². The Labute approximate surface area is 130 Å². The molecule has 1 aromatic carbocycles. The van der Waals surface area contributed by atoms with E-state index in [4.69, 9.17) is 0 Å². The average molecular weight is 327 g/mol. The first kappa shape index (κ1) is 17.0. The Bertz CT molecular complexity index is 712. The van der Waals surface area contributed by atoms with Gasteiger partial charge in [0, 0.05) is 25.1 Å². The van der Waals surface area contributed by atoms with Crippen molar-refractivity contribution in [2.24, 2.45) is 7.05 Å². The summed E-state index contributed by atoms with van der Waals surface area (Å²) in [7, 11) is 1.32. The van der Waals surface area contributed by atoms with Gasteiger partial charge in [-0.3, -0.25) is 4.79 Å². The van der Waals surface area contributed by atoms with Gasteiger partial charge in [-0.15, -0.1) is 0 Å². The highest BCUT2D eigenvalue weighted by molar-refractivity contribution is 5.91. The van der Waals surface area contributed by atoms with Crippen LogP contribution in [-0.2, 0) is 17.4 Å². The van der Waals surface area contributed by atoms with Crippen molar-refractivity contribution in [2.75, 3.05) is 5.32 Å². The fourth-order valence-electron chi connectivity index (χ4n) is 2.23. The molecule has 0 radical (unpaired) electrons. The molecular weight excluding hydrogens is 311 g/mol. The Morgan fingerprint density at radius 2 is 2.09 bits per heavy atom. The van der Waals surface area contributed by atoms with E-state index in [1.54, 1.807) is 31.2 Å². The van der Waals surface area contributed by atoms with E-state index >= 15 is 0 Å². The van der Waals surface area contributed by atoms with Gasteiger partial charge in [0.25, 0.3) is 0 Å². The molecule has 2 N–H and O–H groups in total. The van der Waals surface area contributed by atoms with Crippen LogP contribution in [0.25, 0.3) is 0 Å². The van der Waals surface area contributed by atoms with Gasteiger partial charge < -0.3 is 15.0 Å². The lowest BCUT2D eigenvalue weighted by Crippen LogP contribution is -2.46. The smallest absolute Gasteiger partial charge is 0.374 e. The minimum atomic E-state index is -5.05. The van der Waals surface area contributed by atoms with E-state index in [1.807, 2.05) is 0 Å². The van der Waals surface area contributed by atoms with Crippen LogP contribution < -0.4 is 5.32 Å². The number of nitrogens with one attached hydrogen (secondary N) is 1. The van der Waals surface area contributed by atoms with Gasteiger partial charge in [0.1, 0.15) is 0 Å². The highest BCUT2D eigenvalue weighted by Crippen LogP contribution is 2.40. The molecule has 0 saturated heterocycles. The number of amides is 1. The van der Waals surface area contributed by atoms with E-state index in [2.05, 4.69) is 10.3 Å². The molecular formula is C15H16F3N3O2. The normalized spacial score (nSPS) is 14.3. The average Bonchev–Trinajstić information content (AvgIpc) is 2.83. The lowest BCUT2D eigenvalue weighted by molar-refractivity contribution is -0.270. The number of nitrogens with zero attached hydrogens (tertiary/aromatic N) is 2. The first-order chi connectivity index (χ1) is 10.6. The highest BCUT2D eigenvalue weighted by atomic mass is 19.4. The summed E-state index contributed by atoms with van der Waals surface area (Å²) in [4.78, 5) is 15.5. The largest absolute Gasteiger partial charge is 0.425 e. The number of carbonyl (C=O) groups is 1. The van der Waals surface area contributed by atoms with Crippen molar-refractivity contribution in [3.05, 3.63) is 48.0 Å². The van der Waals surface area contributed by atoms with Gasteiger partial charge in [0.05, 0.1) is 6.42 Å². The fraction of sp³-hybridized carbons (Fsp3) is 0.333. The minimum absolute atomic E-state index is 0.361. The molecule has 8 heteroatoms. The first-order valence-electron chi connectivity index (χ1n) is 6.77. The summed E-state index contributed by atoms with van der Waals surface area (Å²) in [5, 5.41) is 12.5. The molecule has 0 aliphatic carbocycles. The van der Waals surface area contributed by atoms with Crippen LogP contribution in [0, 0.1) is 6.92 Å². The molecule has 23 heavy (non-hydrogen) atoms. The van der Waals surface area contributed by atoms with E-state index in [0.29, 0.717) is 5.69 Å². The van der Waals surface area contributed by atoms with Crippen LogP contribution in [0.5, 0.6) is 0 Å². The summed E-state index contributed by atoms with van der Waals surface area (Å²) in [6.07, 6.45) is -3.83. The predicted molar refractivity (Wildman–Crippen MR) is 77.6 cm³/mol. The van der Waals surface area contributed by atoms with E-state index in [0.717, 1.165) is 16.3 Å². The molecule has 2 rings (SSSR count). The second-order valence-electron chi connectivity index (χ2n) is 5.31. The zero-order valence-electron chi connectivity index (χ0n) is 12.6. The van der Waals surface area contributed by atoms with Gasteiger partial charge in [-0.05, 0) is 24.6 Å². The predicted octanol–water partition coefficient (Wildman–Crippen LogP) is 2.51. The van der Waals surface area contributed by atoms with Crippen molar-refractivity contribution >= 4 is 11.6 Å². The third-order valence-corrected chi connectivity index (χ3v) is 3.38.